The number of benzene rings is 1. The standard InChI is InChI=1S/C9H8O/c1-2-9(10)8-6-4-3-5-7-8/h1,3-7H,2H2. The van der Waals surface area contributed by atoms with Gasteiger partial charge in [-0.2, -0.15) is 0 Å². The Bertz CT molecular complexity index is 213. The van der Waals surface area contributed by atoms with Crippen LogP contribution in [0.2, 0.25) is 0 Å². The largest absolute Gasteiger partial charge is 0.294 e. The maximum absolute atomic E-state index is 10.9. The van der Waals surface area contributed by atoms with E-state index in [4.69, 9.17) is 6.92 Å². The molecular weight excluding hydrogens is 124 g/mol. The highest BCUT2D eigenvalue weighted by molar-refractivity contribution is 5.96. The quantitative estimate of drug-likeness (QED) is 0.562. The maximum atomic E-state index is 10.9. The molecule has 0 bridgehead atoms. The highest BCUT2D eigenvalue weighted by Crippen LogP contribution is 2.00. The highest BCUT2D eigenvalue weighted by Gasteiger charge is 1.98. The van der Waals surface area contributed by atoms with Gasteiger partial charge in [-0.05, 0) is 6.92 Å². The van der Waals surface area contributed by atoms with Crippen LogP contribution in [0.4, 0.5) is 0 Å². The summed E-state index contributed by atoms with van der Waals surface area (Å²) in [6, 6.07) is 9.03. The zero-order chi connectivity index (χ0) is 7.40. The molecule has 0 saturated carbocycles. The van der Waals surface area contributed by atoms with Crippen LogP contribution in [0.25, 0.3) is 0 Å². The highest BCUT2D eigenvalue weighted by atomic mass is 16.1. The van der Waals surface area contributed by atoms with Crippen molar-refractivity contribution in [2.24, 2.45) is 0 Å². The van der Waals surface area contributed by atoms with Gasteiger partial charge in [-0.3, -0.25) is 4.79 Å². The van der Waals surface area contributed by atoms with Crippen LogP contribution in [0.15, 0.2) is 30.3 Å². The van der Waals surface area contributed by atoms with Crippen LogP contribution in [-0.4, -0.2) is 5.78 Å². The Labute approximate surface area is 60.7 Å². The van der Waals surface area contributed by atoms with Crippen molar-refractivity contribution >= 4 is 5.78 Å². The van der Waals surface area contributed by atoms with Gasteiger partial charge in [0.05, 0.1) is 0 Å². The van der Waals surface area contributed by atoms with Crippen LogP contribution < -0.4 is 0 Å². The van der Waals surface area contributed by atoms with Gasteiger partial charge in [0.25, 0.3) is 0 Å². The fourth-order valence-electron chi connectivity index (χ4n) is 0.742. The molecular formula is C9H8O. The summed E-state index contributed by atoms with van der Waals surface area (Å²) in [5.41, 5.74) is 0.685. The molecule has 1 heteroatoms. The number of ketones is 1. The molecule has 0 aromatic heterocycles. The van der Waals surface area contributed by atoms with Crippen LogP contribution >= 0.6 is 0 Å². The molecule has 1 aromatic carbocycles. The molecule has 0 unspecified atom stereocenters. The van der Waals surface area contributed by atoms with E-state index in [-0.39, 0.29) is 12.2 Å². The summed E-state index contributed by atoms with van der Waals surface area (Å²) < 4.78 is 0. The summed E-state index contributed by atoms with van der Waals surface area (Å²) in [5, 5.41) is 0. The van der Waals surface area contributed by atoms with Crippen molar-refractivity contribution in [3.63, 3.8) is 0 Å². The molecule has 1 aromatic rings. The van der Waals surface area contributed by atoms with Gasteiger partial charge >= 0.3 is 0 Å². The summed E-state index contributed by atoms with van der Waals surface area (Å²) >= 11 is 0. The van der Waals surface area contributed by atoms with Crippen LogP contribution in [0.5, 0.6) is 0 Å². The Hall–Kier alpha value is -1.11. The molecule has 0 aliphatic rings. The van der Waals surface area contributed by atoms with Crippen molar-refractivity contribution in [3.05, 3.63) is 42.8 Å². The number of hydrogen-bond acceptors (Lipinski definition) is 1. The van der Waals surface area contributed by atoms with E-state index < -0.39 is 0 Å². The smallest absolute Gasteiger partial charge is 0.163 e. The van der Waals surface area contributed by atoms with E-state index in [9.17, 15) is 4.79 Å². The van der Waals surface area contributed by atoms with Crippen molar-refractivity contribution in [2.75, 3.05) is 0 Å². The first-order valence-electron chi connectivity index (χ1n) is 3.13. The van der Waals surface area contributed by atoms with E-state index in [2.05, 4.69) is 0 Å². The number of Topliss-reactive ketones (excluding diaryl/α,β-unsaturated/α-hetero) is 1. The normalized spacial score (nSPS) is 9.30. The number of carbonyl (C=O) groups excluding carboxylic acids is 1. The fraction of sp³-hybridized carbons (Fsp3) is 0.111. The van der Waals surface area contributed by atoms with Crippen LogP contribution in [0, 0.1) is 6.92 Å². The zero-order valence-electron chi connectivity index (χ0n) is 5.58. The maximum Gasteiger partial charge on any atom is 0.163 e. The molecule has 2 radical (unpaired) electrons. The fourth-order valence-corrected chi connectivity index (χ4v) is 0.742. The minimum atomic E-state index is -0.0133. The van der Waals surface area contributed by atoms with Crippen LogP contribution in [-0.2, 0) is 0 Å². The summed E-state index contributed by atoms with van der Waals surface area (Å²) in [4.78, 5) is 10.9. The second-order valence-corrected chi connectivity index (χ2v) is 1.99. The summed E-state index contributed by atoms with van der Waals surface area (Å²) in [7, 11) is 0. The molecule has 0 atom stereocenters. The van der Waals surface area contributed by atoms with Crippen molar-refractivity contribution < 1.29 is 4.79 Å². The number of carbonyl (C=O) groups is 1. The van der Waals surface area contributed by atoms with Gasteiger partial charge in [0.1, 0.15) is 0 Å². The first kappa shape index (κ1) is 7.00. The Morgan fingerprint density at radius 3 is 2.40 bits per heavy atom. The van der Waals surface area contributed by atoms with Crippen molar-refractivity contribution in [3.8, 4) is 0 Å². The lowest BCUT2D eigenvalue weighted by Crippen LogP contribution is -1.94. The van der Waals surface area contributed by atoms with Gasteiger partial charge in [-0.15, -0.1) is 0 Å². The first-order chi connectivity index (χ1) is 4.84. The molecule has 0 saturated heterocycles. The van der Waals surface area contributed by atoms with E-state index in [1.54, 1.807) is 12.1 Å². The number of hydrogen-bond donors (Lipinski definition) is 0. The SMILES string of the molecule is [CH]CC(=O)c1ccccc1. The number of rotatable bonds is 2. The van der Waals surface area contributed by atoms with Gasteiger partial charge in [-0.25, -0.2) is 0 Å². The molecule has 0 spiro atoms. The molecule has 0 heterocycles. The lowest BCUT2D eigenvalue weighted by molar-refractivity contribution is 0.0995. The van der Waals surface area contributed by atoms with E-state index in [0.717, 1.165) is 0 Å². The molecule has 0 fully saturated rings. The third kappa shape index (κ3) is 1.44. The third-order valence-corrected chi connectivity index (χ3v) is 1.28. The Kier molecular flexibility index (Phi) is 2.21. The summed E-state index contributed by atoms with van der Waals surface area (Å²) in [5.74, 6) is -0.0133. The van der Waals surface area contributed by atoms with Crippen molar-refractivity contribution in [2.45, 2.75) is 6.42 Å². The molecule has 0 aliphatic heterocycles. The van der Waals surface area contributed by atoms with Gasteiger partial charge in [0, 0.05) is 12.0 Å². The van der Waals surface area contributed by atoms with E-state index in [0.29, 0.717) is 5.56 Å². The van der Waals surface area contributed by atoms with E-state index >= 15 is 0 Å². The minimum Gasteiger partial charge on any atom is -0.294 e. The lowest BCUT2D eigenvalue weighted by Gasteiger charge is -1.93. The Balaban J connectivity index is 2.85. The second-order valence-electron chi connectivity index (χ2n) is 1.99. The summed E-state index contributed by atoms with van der Waals surface area (Å²) in [6.45, 7) is 5.15. The molecule has 0 amide bonds. The minimum absolute atomic E-state index is 0.0133. The molecule has 0 N–H and O–H groups in total. The van der Waals surface area contributed by atoms with Crippen LogP contribution in [0.3, 0.4) is 0 Å². The lowest BCUT2D eigenvalue weighted by atomic mass is 10.1. The van der Waals surface area contributed by atoms with E-state index in [1.807, 2.05) is 18.2 Å². The first-order valence-corrected chi connectivity index (χ1v) is 3.13. The molecule has 0 aliphatic carbocycles. The summed E-state index contributed by atoms with van der Waals surface area (Å²) in [6.07, 6.45) is 0.0873. The Morgan fingerprint density at radius 2 is 1.90 bits per heavy atom. The molecule has 1 rings (SSSR count). The topological polar surface area (TPSA) is 17.1 Å². The van der Waals surface area contributed by atoms with Gasteiger partial charge in [0.2, 0.25) is 0 Å². The van der Waals surface area contributed by atoms with Crippen molar-refractivity contribution in [1.82, 2.24) is 0 Å². The Morgan fingerprint density at radius 1 is 1.30 bits per heavy atom. The second kappa shape index (κ2) is 3.16. The molecule has 1 nitrogen and oxygen atoms in total. The third-order valence-electron chi connectivity index (χ3n) is 1.28. The monoisotopic (exact) mass is 132 g/mol. The molecule has 10 heavy (non-hydrogen) atoms. The van der Waals surface area contributed by atoms with E-state index in [1.165, 1.54) is 0 Å². The van der Waals surface area contributed by atoms with Gasteiger partial charge in [-0.1, -0.05) is 30.3 Å². The van der Waals surface area contributed by atoms with Crippen LogP contribution in [0.1, 0.15) is 16.8 Å². The van der Waals surface area contributed by atoms with Crippen molar-refractivity contribution in [1.29, 1.82) is 0 Å². The zero-order valence-corrected chi connectivity index (χ0v) is 5.58. The van der Waals surface area contributed by atoms with Gasteiger partial charge in [0.15, 0.2) is 5.78 Å². The predicted molar refractivity (Wildman–Crippen MR) is 39.7 cm³/mol. The predicted octanol–water partition coefficient (Wildman–Crippen LogP) is 1.97. The molecule has 50 valence electrons. The average Bonchev–Trinajstić information content (AvgIpc) is 2.05. The average molecular weight is 132 g/mol. The van der Waals surface area contributed by atoms with Gasteiger partial charge < -0.3 is 0 Å².